The largest absolute Gasteiger partial charge is 0.480 e. The summed E-state index contributed by atoms with van der Waals surface area (Å²) in [6.45, 7) is 8.91. The zero-order chi connectivity index (χ0) is 15.7. The maximum absolute atomic E-state index is 11.0. The fraction of sp³-hybridized carbons (Fsp3) is 0.733. The second kappa shape index (κ2) is 6.36. The molecule has 0 spiro atoms. The number of carboxylic acids is 1. The van der Waals surface area contributed by atoms with Gasteiger partial charge in [0, 0.05) is 49.4 Å². The third-order valence-corrected chi connectivity index (χ3v) is 4.66. The molecule has 1 aromatic rings. The zero-order valence-electron chi connectivity index (χ0n) is 13.2. The van der Waals surface area contributed by atoms with Crippen LogP contribution in [0.25, 0.3) is 0 Å². The summed E-state index contributed by atoms with van der Waals surface area (Å²) in [6.07, 6.45) is 0. The molecule has 0 amide bonds. The highest BCUT2D eigenvalue weighted by Crippen LogP contribution is 2.23. The number of hydrogen-bond acceptors (Lipinski definition) is 5. The fourth-order valence-electron chi connectivity index (χ4n) is 3.55. The van der Waals surface area contributed by atoms with Crippen LogP contribution in [0.3, 0.4) is 0 Å². The molecule has 3 heterocycles. The number of nitrogens with one attached hydrogen (secondary N) is 1. The number of nitrogens with zero attached hydrogens (tertiary/aromatic N) is 3. The molecule has 0 aliphatic carbocycles. The maximum Gasteiger partial charge on any atom is 0.317 e. The number of hydrogen-bond donors (Lipinski definition) is 2. The first-order chi connectivity index (χ1) is 10.5. The minimum atomic E-state index is -0.756. The molecule has 2 saturated heterocycles. The molecular formula is C15H24N4O3. The molecule has 7 heteroatoms. The van der Waals surface area contributed by atoms with Crippen molar-refractivity contribution >= 4 is 5.97 Å². The predicted octanol–water partition coefficient (Wildman–Crippen LogP) is 0.244. The highest BCUT2D eigenvalue weighted by Gasteiger charge is 2.34. The first-order valence-corrected chi connectivity index (χ1v) is 7.79. The average Bonchev–Trinajstić information content (AvgIpc) is 2.62. The van der Waals surface area contributed by atoms with Gasteiger partial charge in [-0.15, -0.1) is 0 Å². The lowest BCUT2D eigenvalue weighted by atomic mass is 10.1. The summed E-state index contributed by atoms with van der Waals surface area (Å²) < 4.78 is 5.79. The molecule has 7 nitrogen and oxygen atoms in total. The van der Waals surface area contributed by atoms with Crippen LogP contribution in [0.4, 0.5) is 0 Å². The number of ether oxygens (including phenoxy) is 1. The van der Waals surface area contributed by atoms with Crippen molar-refractivity contribution in [3.63, 3.8) is 0 Å². The Morgan fingerprint density at radius 2 is 2.18 bits per heavy atom. The lowest BCUT2D eigenvalue weighted by Gasteiger charge is -2.30. The molecule has 2 bridgehead atoms. The number of rotatable bonds is 4. The van der Waals surface area contributed by atoms with Gasteiger partial charge >= 0.3 is 5.97 Å². The van der Waals surface area contributed by atoms with E-state index in [0.29, 0.717) is 19.1 Å². The molecule has 0 unspecified atom stereocenters. The Balaban J connectivity index is 1.76. The summed E-state index contributed by atoms with van der Waals surface area (Å²) in [5.74, 6) is -0.395. The van der Waals surface area contributed by atoms with Crippen LogP contribution in [0, 0.1) is 19.8 Å². The first-order valence-electron chi connectivity index (χ1n) is 7.79. The minimum Gasteiger partial charge on any atom is -0.480 e. The Morgan fingerprint density at radius 3 is 2.86 bits per heavy atom. The molecule has 3 rings (SSSR count). The maximum atomic E-state index is 11.0. The molecule has 2 aliphatic rings. The van der Waals surface area contributed by atoms with Crippen LogP contribution in [-0.2, 0) is 16.1 Å². The van der Waals surface area contributed by atoms with E-state index >= 15 is 0 Å². The van der Waals surface area contributed by atoms with E-state index in [4.69, 9.17) is 9.84 Å². The second-order valence-electron chi connectivity index (χ2n) is 6.49. The van der Waals surface area contributed by atoms with Gasteiger partial charge in [-0.25, -0.2) is 0 Å². The molecule has 22 heavy (non-hydrogen) atoms. The van der Waals surface area contributed by atoms with Crippen molar-refractivity contribution in [2.24, 2.45) is 5.92 Å². The highest BCUT2D eigenvalue weighted by molar-refractivity contribution is 5.69. The molecule has 1 aromatic heterocycles. The Labute approximate surface area is 130 Å². The molecule has 0 saturated carbocycles. The van der Waals surface area contributed by atoms with Crippen molar-refractivity contribution in [3.05, 3.63) is 17.0 Å². The van der Waals surface area contributed by atoms with Crippen LogP contribution in [-0.4, -0.2) is 76.5 Å². The summed E-state index contributed by atoms with van der Waals surface area (Å²) in [7, 11) is 0. The molecule has 2 N–H and O–H groups in total. The Bertz CT molecular complexity index is 525. The molecule has 0 radical (unpaired) electrons. The van der Waals surface area contributed by atoms with Crippen LogP contribution in [0.15, 0.2) is 0 Å². The number of carbonyl (C=O) groups is 1. The second-order valence-corrected chi connectivity index (χ2v) is 6.49. The number of aromatic nitrogens is 2. The zero-order valence-corrected chi connectivity index (χ0v) is 13.2. The SMILES string of the molecule is Cc1n[nH]c(C)c1CN1C[C@H]2COC[C@@H]1CN(CC(=O)O)C2. The third kappa shape index (κ3) is 3.31. The lowest BCUT2D eigenvalue weighted by Crippen LogP contribution is -2.45. The topological polar surface area (TPSA) is 81.7 Å². The van der Waals surface area contributed by atoms with Crippen LogP contribution in [0.2, 0.25) is 0 Å². The first kappa shape index (κ1) is 15.5. The Kier molecular flexibility index (Phi) is 4.46. The molecule has 122 valence electrons. The van der Waals surface area contributed by atoms with E-state index in [1.54, 1.807) is 0 Å². The Morgan fingerprint density at radius 1 is 1.36 bits per heavy atom. The monoisotopic (exact) mass is 308 g/mol. The van der Waals surface area contributed by atoms with Crippen molar-refractivity contribution in [1.82, 2.24) is 20.0 Å². The number of fused-ring (bicyclic) bond motifs is 3. The van der Waals surface area contributed by atoms with E-state index in [1.807, 2.05) is 13.8 Å². The van der Waals surface area contributed by atoms with Crippen molar-refractivity contribution in [2.75, 3.05) is 39.4 Å². The van der Waals surface area contributed by atoms with Crippen molar-refractivity contribution < 1.29 is 14.6 Å². The molecule has 2 atom stereocenters. The molecular weight excluding hydrogens is 284 g/mol. The summed E-state index contributed by atoms with van der Waals surface area (Å²) in [5.41, 5.74) is 3.40. The van der Waals surface area contributed by atoms with Gasteiger partial charge in [0.05, 0.1) is 25.5 Å². The number of aryl methyl sites for hydroxylation is 2. The van der Waals surface area contributed by atoms with Crippen molar-refractivity contribution in [1.29, 1.82) is 0 Å². The number of aliphatic carboxylic acids is 1. The van der Waals surface area contributed by atoms with E-state index in [2.05, 4.69) is 20.0 Å². The van der Waals surface area contributed by atoms with E-state index < -0.39 is 5.97 Å². The van der Waals surface area contributed by atoms with E-state index in [1.165, 1.54) is 5.56 Å². The van der Waals surface area contributed by atoms with Crippen LogP contribution in [0.1, 0.15) is 17.0 Å². The van der Waals surface area contributed by atoms with Crippen LogP contribution < -0.4 is 0 Å². The van der Waals surface area contributed by atoms with Gasteiger partial charge in [0.2, 0.25) is 0 Å². The summed E-state index contributed by atoms with van der Waals surface area (Å²) in [6, 6.07) is 0.237. The number of aromatic amines is 1. The minimum absolute atomic E-state index is 0.116. The third-order valence-electron chi connectivity index (χ3n) is 4.66. The predicted molar refractivity (Wildman–Crippen MR) is 80.6 cm³/mol. The van der Waals surface area contributed by atoms with Gasteiger partial charge in [0.25, 0.3) is 0 Å². The standard InChI is InChI=1S/C15H24N4O3/c1-10-14(11(2)17-16-10)6-19-4-12-3-18(7-15(20)21)5-13(19)9-22-8-12/h12-13H,3-9H2,1-2H3,(H,16,17)(H,20,21)/t12-,13-/m0/s1. The lowest BCUT2D eigenvalue weighted by molar-refractivity contribution is -0.138. The van der Waals surface area contributed by atoms with Gasteiger partial charge in [-0.3, -0.25) is 19.7 Å². The van der Waals surface area contributed by atoms with Gasteiger partial charge in [-0.2, -0.15) is 5.10 Å². The van der Waals surface area contributed by atoms with Crippen molar-refractivity contribution in [2.45, 2.75) is 26.4 Å². The van der Waals surface area contributed by atoms with Crippen LogP contribution >= 0.6 is 0 Å². The smallest absolute Gasteiger partial charge is 0.317 e. The van der Waals surface area contributed by atoms with Gasteiger partial charge in [0.15, 0.2) is 0 Å². The van der Waals surface area contributed by atoms with E-state index in [-0.39, 0.29) is 12.6 Å². The average molecular weight is 308 g/mol. The summed E-state index contributed by atoms with van der Waals surface area (Å²) in [4.78, 5) is 15.5. The van der Waals surface area contributed by atoms with Gasteiger partial charge in [0.1, 0.15) is 0 Å². The number of H-pyrrole nitrogens is 1. The fourth-order valence-corrected chi connectivity index (χ4v) is 3.55. The Hall–Kier alpha value is -1.44. The molecule has 2 fully saturated rings. The van der Waals surface area contributed by atoms with Gasteiger partial charge < -0.3 is 9.84 Å². The van der Waals surface area contributed by atoms with Gasteiger partial charge in [-0.05, 0) is 13.8 Å². The van der Waals surface area contributed by atoms with Crippen LogP contribution in [0.5, 0.6) is 0 Å². The van der Waals surface area contributed by atoms with Gasteiger partial charge in [-0.1, -0.05) is 0 Å². The number of carboxylic acid groups (broad SMARTS) is 1. The van der Waals surface area contributed by atoms with E-state index in [0.717, 1.165) is 37.6 Å². The molecule has 2 aliphatic heterocycles. The molecule has 0 aromatic carbocycles. The highest BCUT2D eigenvalue weighted by atomic mass is 16.5. The normalized spacial score (nSPS) is 26.8. The summed E-state index contributed by atoms with van der Waals surface area (Å²) >= 11 is 0. The van der Waals surface area contributed by atoms with Crippen molar-refractivity contribution in [3.8, 4) is 0 Å². The summed E-state index contributed by atoms with van der Waals surface area (Å²) in [5, 5.41) is 16.4. The van der Waals surface area contributed by atoms with E-state index in [9.17, 15) is 4.79 Å². The quantitative estimate of drug-likeness (QED) is 0.829.